The molecule has 2 rings (SSSR count). The summed E-state index contributed by atoms with van der Waals surface area (Å²) in [5.41, 5.74) is 0. The topological polar surface area (TPSA) is 3.24 Å². The molecule has 0 aromatic carbocycles. The van der Waals surface area contributed by atoms with Crippen LogP contribution in [-0.4, -0.2) is 38.8 Å². The summed E-state index contributed by atoms with van der Waals surface area (Å²) < 4.78 is 26.4. The maximum Gasteiger partial charge on any atom is 0.243 e. The van der Waals surface area contributed by atoms with Gasteiger partial charge in [0.2, 0.25) is 5.92 Å². The third-order valence-corrected chi connectivity index (χ3v) is 3.47. The largest absolute Gasteiger partial charge is 0.306 e. The van der Waals surface area contributed by atoms with E-state index in [0.717, 1.165) is 13.1 Å². The highest BCUT2D eigenvalue weighted by molar-refractivity contribution is 6.12. The van der Waals surface area contributed by atoms with Crippen LogP contribution in [0.3, 0.4) is 0 Å². The molecular formula is C9H14BF2N. The fourth-order valence-corrected chi connectivity index (χ4v) is 2.69. The molecule has 13 heavy (non-hydrogen) atoms. The highest BCUT2D eigenvalue weighted by atomic mass is 19.3. The van der Waals surface area contributed by atoms with Crippen molar-refractivity contribution in [1.82, 2.24) is 4.90 Å². The fourth-order valence-electron chi connectivity index (χ4n) is 2.69. The second-order valence-corrected chi connectivity index (χ2v) is 4.47. The Morgan fingerprint density at radius 2 is 2.08 bits per heavy atom. The van der Waals surface area contributed by atoms with Crippen LogP contribution in [0.25, 0.3) is 0 Å². The van der Waals surface area contributed by atoms with Crippen molar-refractivity contribution >= 4 is 7.85 Å². The summed E-state index contributed by atoms with van der Waals surface area (Å²) in [7, 11) is 7.56. The predicted molar refractivity (Wildman–Crippen MR) is 48.2 cm³/mol. The number of likely N-dealkylation sites (tertiary alicyclic amines) is 1. The van der Waals surface area contributed by atoms with Gasteiger partial charge in [-0.3, -0.25) is 0 Å². The van der Waals surface area contributed by atoms with Crippen molar-refractivity contribution in [2.45, 2.75) is 24.6 Å². The first-order valence-electron chi connectivity index (χ1n) is 4.82. The van der Waals surface area contributed by atoms with Crippen LogP contribution in [0.4, 0.5) is 8.78 Å². The van der Waals surface area contributed by atoms with Gasteiger partial charge in [-0.05, 0) is 31.1 Å². The van der Waals surface area contributed by atoms with Crippen molar-refractivity contribution in [2.24, 2.45) is 11.8 Å². The Morgan fingerprint density at radius 1 is 1.38 bits per heavy atom. The first-order chi connectivity index (χ1) is 6.00. The van der Waals surface area contributed by atoms with Gasteiger partial charge < -0.3 is 4.90 Å². The maximum absolute atomic E-state index is 13.2. The molecule has 4 heteroatoms. The summed E-state index contributed by atoms with van der Waals surface area (Å²) in [5.74, 6) is -3.14. The average molecular weight is 185 g/mol. The zero-order chi connectivity index (χ0) is 9.64. The van der Waals surface area contributed by atoms with E-state index in [1.807, 2.05) is 7.05 Å². The smallest absolute Gasteiger partial charge is 0.243 e. The Kier molecular flexibility index (Phi) is 2.14. The van der Waals surface area contributed by atoms with E-state index in [9.17, 15) is 8.78 Å². The number of rotatable bonds is 0. The number of hydrogen-bond donors (Lipinski definition) is 0. The molecular weight excluding hydrogens is 171 g/mol. The molecule has 2 fully saturated rings. The minimum absolute atomic E-state index is 0.00810. The van der Waals surface area contributed by atoms with Crippen molar-refractivity contribution in [1.29, 1.82) is 0 Å². The van der Waals surface area contributed by atoms with Crippen LogP contribution in [0.1, 0.15) is 12.8 Å². The van der Waals surface area contributed by atoms with Crippen LogP contribution in [-0.2, 0) is 0 Å². The lowest BCUT2D eigenvalue weighted by Crippen LogP contribution is -2.38. The van der Waals surface area contributed by atoms with Crippen molar-refractivity contribution in [3.05, 3.63) is 0 Å². The molecule has 2 aliphatic rings. The van der Waals surface area contributed by atoms with Crippen molar-refractivity contribution in [3.63, 3.8) is 0 Å². The molecule has 1 saturated carbocycles. The van der Waals surface area contributed by atoms with Crippen molar-refractivity contribution in [2.75, 3.05) is 20.1 Å². The maximum atomic E-state index is 13.2. The monoisotopic (exact) mass is 185 g/mol. The molecule has 0 aromatic rings. The van der Waals surface area contributed by atoms with Crippen LogP contribution in [0.5, 0.6) is 0 Å². The molecule has 1 heterocycles. The summed E-state index contributed by atoms with van der Waals surface area (Å²) in [4.78, 5) is 2.11. The van der Waals surface area contributed by atoms with E-state index in [4.69, 9.17) is 7.85 Å². The van der Waals surface area contributed by atoms with Crippen molar-refractivity contribution in [3.8, 4) is 0 Å². The van der Waals surface area contributed by atoms with Gasteiger partial charge in [0.05, 0.1) is 7.85 Å². The molecule has 0 bridgehead atoms. The number of hydrogen-bond acceptors (Lipinski definition) is 1. The van der Waals surface area contributed by atoms with Gasteiger partial charge in [-0.2, -0.15) is 0 Å². The van der Waals surface area contributed by atoms with E-state index in [0.29, 0.717) is 12.3 Å². The second kappa shape index (κ2) is 2.94. The highest BCUT2D eigenvalue weighted by Crippen LogP contribution is 2.49. The summed E-state index contributed by atoms with van der Waals surface area (Å²) >= 11 is 0. The normalized spacial score (nSPS) is 44.7. The van der Waals surface area contributed by atoms with E-state index < -0.39 is 11.7 Å². The van der Waals surface area contributed by atoms with Crippen LogP contribution in [0.15, 0.2) is 0 Å². The van der Waals surface area contributed by atoms with E-state index in [1.54, 1.807) is 0 Å². The Bertz CT molecular complexity index is 210. The van der Waals surface area contributed by atoms with E-state index in [1.165, 1.54) is 0 Å². The van der Waals surface area contributed by atoms with Gasteiger partial charge >= 0.3 is 0 Å². The third kappa shape index (κ3) is 1.49. The first kappa shape index (κ1) is 9.44. The van der Waals surface area contributed by atoms with E-state index in [-0.39, 0.29) is 12.3 Å². The molecule has 1 saturated heterocycles. The van der Waals surface area contributed by atoms with Gasteiger partial charge in [0.1, 0.15) is 0 Å². The molecule has 3 atom stereocenters. The zero-order valence-corrected chi connectivity index (χ0v) is 7.84. The predicted octanol–water partition coefficient (Wildman–Crippen LogP) is 1.55. The quantitative estimate of drug-likeness (QED) is 0.517. The van der Waals surface area contributed by atoms with E-state index >= 15 is 0 Å². The summed E-state index contributed by atoms with van der Waals surface area (Å²) in [6.45, 7) is 1.68. The molecule has 1 aliphatic carbocycles. The number of fused-ring (bicyclic) bond motifs is 1. The fraction of sp³-hybridized carbons (Fsp3) is 1.00. The summed E-state index contributed by atoms with van der Waals surface area (Å²) in [5, 5.41) is 0. The molecule has 0 N–H and O–H groups in total. The molecule has 0 aromatic heterocycles. The lowest BCUT2D eigenvalue weighted by Gasteiger charge is -2.37. The minimum atomic E-state index is -2.63. The highest BCUT2D eigenvalue weighted by Gasteiger charge is 2.49. The molecule has 0 spiro atoms. The molecule has 0 amide bonds. The van der Waals surface area contributed by atoms with Gasteiger partial charge in [-0.15, -0.1) is 0 Å². The van der Waals surface area contributed by atoms with Gasteiger partial charge in [0.25, 0.3) is 0 Å². The Labute approximate surface area is 78.9 Å². The third-order valence-electron chi connectivity index (χ3n) is 3.47. The van der Waals surface area contributed by atoms with Crippen molar-refractivity contribution < 1.29 is 8.78 Å². The number of nitrogens with zero attached hydrogens (tertiary/aromatic N) is 1. The Balaban J connectivity index is 2.13. The standard InChI is InChI=1S/C9H14BF2N/c1-13-4-6-2-3-9(11,12)8(10)7(6)5-13/h6-8H,2-5H2,1H3. The minimum Gasteiger partial charge on any atom is -0.306 e. The van der Waals surface area contributed by atoms with Gasteiger partial charge in [0.15, 0.2) is 0 Å². The Morgan fingerprint density at radius 3 is 2.77 bits per heavy atom. The molecule has 1 aliphatic heterocycles. The van der Waals surface area contributed by atoms with Gasteiger partial charge in [-0.25, -0.2) is 8.78 Å². The lowest BCUT2D eigenvalue weighted by molar-refractivity contribution is -0.0587. The van der Waals surface area contributed by atoms with Gasteiger partial charge in [0, 0.05) is 19.5 Å². The van der Waals surface area contributed by atoms with Gasteiger partial charge in [-0.1, -0.05) is 0 Å². The molecule has 2 radical (unpaired) electrons. The zero-order valence-electron chi connectivity index (χ0n) is 7.84. The molecule has 1 nitrogen and oxygen atoms in total. The second-order valence-electron chi connectivity index (χ2n) is 4.47. The number of alkyl halides is 2. The Hall–Kier alpha value is -0.115. The van der Waals surface area contributed by atoms with Crippen LogP contribution >= 0.6 is 0 Å². The number of halogens is 2. The lowest BCUT2D eigenvalue weighted by atomic mass is 9.62. The van der Waals surface area contributed by atoms with E-state index in [2.05, 4.69) is 4.90 Å². The summed E-state index contributed by atoms with van der Waals surface area (Å²) in [6, 6.07) is 0. The SMILES string of the molecule is [B]C1C2CN(C)CC2CCC1(F)F. The molecule has 3 unspecified atom stereocenters. The van der Waals surface area contributed by atoms with Crippen LogP contribution in [0, 0.1) is 11.8 Å². The molecule has 72 valence electrons. The summed E-state index contributed by atoms with van der Waals surface area (Å²) in [6.07, 6.45) is 0.610. The van der Waals surface area contributed by atoms with Crippen LogP contribution in [0.2, 0.25) is 5.82 Å². The van der Waals surface area contributed by atoms with Crippen LogP contribution < -0.4 is 0 Å². The first-order valence-corrected chi connectivity index (χ1v) is 4.82. The average Bonchev–Trinajstić information content (AvgIpc) is 2.40.